The van der Waals surface area contributed by atoms with Crippen LogP contribution in [0.1, 0.15) is 245 Å². The zero-order valence-electron chi connectivity index (χ0n) is 39.3. The number of allylic oxidation sites excluding steroid dienone is 1. The van der Waals surface area contributed by atoms with Crippen molar-refractivity contribution >= 4 is 13.7 Å². The number of hydrogen-bond donors (Lipinski definition) is 3. The van der Waals surface area contributed by atoms with Crippen LogP contribution in [0.2, 0.25) is 0 Å². The number of nitrogens with zero attached hydrogens (tertiary/aromatic N) is 1. The van der Waals surface area contributed by atoms with E-state index in [0.717, 1.165) is 32.1 Å². The van der Waals surface area contributed by atoms with Gasteiger partial charge in [-0.25, -0.2) is 4.57 Å². The quantitative estimate of drug-likeness (QED) is 0.0244. The van der Waals surface area contributed by atoms with E-state index in [-0.39, 0.29) is 19.1 Å². The van der Waals surface area contributed by atoms with Gasteiger partial charge >= 0.3 is 7.82 Å². The Bertz CT molecular complexity index is 958. The highest BCUT2D eigenvalue weighted by Crippen LogP contribution is 2.43. The maximum absolute atomic E-state index is 12.9. The first-order chi connectivity index (χ1) is 28.0. The molecule has 0 spiro atoms. The first-order valence-electron chi connectivity index (χ1n) is 25.1. The summed E-state index contributed by atoms with van der Waals surface area (Å²) in [7, 11) is 1.59. The summed E-state index contributed by atoms with van der Waals surface area (Å²) >= 11 is 0. The summed E-state index contributed by atoms with van der Waals surface area (Å²) in [5, 5.41) is 13.9. The molecule has 0 aromatic carbocycles. The van der Waals surface area contributed by atoms with Crippen molar-refractivity contribution < 1.29 is 32.9 Å². The minimum atomic E-state index is -4.33. The molecule has 0 bridgehead atoms. The zero-order chi connectivity index (χ0) is 42.8. The van der Waals surface area contributed by atoms with Crippen LogP contribution in [0.3, 0.4) is 0 Å². The van der Waals surface area contributed by atoms with Crippen LogP contribution >= 0.6 is 7.82 Å². The van der Waals surface area contributed by atoms with Gasteiger partial charge in [-0.15, -0.1) is 0 Å². The fourth-order valence-corrected chi connectivity index (χ4v) is 8.25. The number of rotatable bonds is 46. The Balaban J connectivity index is 4.28. The van der Waals surface area contributed by atoms with Crippen molar-refractivity contribution in [1.29, 1.82) is 0 Å². The van der Waals surface area contributed by atoms with Crippen molar-refractivity contribution in [3.8, 4) is 0 Å². The minimum Gasteiger partial charge on any atom is -0.387 e. The van der Waals surface area contributed by atoms with Gasteiger partial charge in [0.25, 0.3) is 0 Å². The summed E-state index contributed by atoms with van der Waals surface area (Å²) in [4.78, 5) is 23.2. The molecule has 0 radical (unpaired) electrons. The summed E-state index contributed by atoms with van der Waals surface area (Å²) in [6, 6.07) is -0.840. The second kappa shape index (κ2) is 41.6. The van der Waals surface area contributed by atoms with Gasteiger partial charge in [0.2, 0.25) is 5.91 Å². The maximum atomic E-state index is 12.9. The number of carbonyl (C=O) groups is 1. The predicted octanol–water partition coefficient (Wildman–Crippen LogP) is 14.3. The number of aliphatic hydroxyl groups excluding tert-OH is 1. The van der Waals surface area contributed by atoms with E-state index in [1.807, 2.05) is 27.2 Å². The van der Waals surface area contributed by atoms with Gasteiger partial charge < -0.3 is 19.8 Å². The van der Waals surface area contributed by atoms with Crippen LogP contribution in [0.25, 0.3) is 0 Å². The molecule has 0 heterocycles. The normalized spacial score (nSPS) is 14.3. The molecule has 3 unspecified atom stereocenters. The lowest BCUT2D eigenvalue weighted by Crippen LogP contribution is -2.45. The van der Waals surface area contributed by atoms with Gasteiger partial charge in [0.15, 0.2) is 0 Å². The molecule has 8 nitrogen and oxygen atoms in total. The molecule has 0 aliphatic rings. The topological polar surface area (TPSA) is 105 Å². The number of amides is 1. The SMILES string of the molecule is CCCCCCCCCCCCCCCC/C=C/C(O)C(COP(=O)(O)OCC[N+](C)(C)C)NC(=O)CCCCCCCCCCCCCCCCCCCCCC. The van der Waals surface area contributed by atoms with Gasteiger partial charge in [-0.3, -0.25) is 13.8 Å². The van der Waals surface area contributed by atoms with Gasteiger partial charge in [-0.05, 0) is 19.3 Å². The Morgan fingerprint density at radius 1 is 0.569 bits per heavy atom. The number of nitrogens with one attached hydrogen (secondary N) is 1. The largest absolute Gasteiger partial charge is 0.472 e. The second-order valence-corrected chi connectivity index (χ2v) is 20.0. The first-order valence-corrected chi connectivity index (χ1v) is 26.6. The van der Waals surface area contributed by atoms with E-state index in [1.165, 1.54) is 193 Å². The van der Waals surface area contributed by atoms with Crippen molar-refractivity contribution in [3.05, 3.63) is 12.2 Å². The van der Waals surface area contributed by atoms with E-state index < -0.39 is 20.0 Å². The lowest BCUT2D eigenvalue weighted by Gasteiger charge is -2.25. The molecule has 58 heavy (non-hydrogen) atoms. The zero-order valence-corrected chi connectivity index (χ0v) is 40.2. The molecule has 0 aliphatic heterocycles. The van der Waals surface area contributed by atoms with Crippen molar-refractivity contribution in [1.82, 2.24) is 5.32 Å². The monoisotopic (exact) mass is 844 g/mol. The molecule has 0 aromatic heterocycles. The van der Waals surface area contributed by atoms with Crippen LogP contribution in [0, 0.1) is 0 Å². The molecule has 346 valence electrons. The summed E-state index contributed by atoms with van der Waals surface area (Å²) in [5.41, 5.74) is 0. The van der Waals surface area contributed by atoms with Crippen molar-refractivity contribution in [2.75, 3.05) is 40.9 Å². The summed E-state index contributed by atoms with van der Waals surface area (Å²) in [6.45, 7) is 4.85. The smallest absolute Gasteiger partial charge is 0.387 e. The molecule has 0 saturated carbocycles. The van der Waals surface area contributed by atoms with Crippen LogP contribution in [-0.4, -0.2) is 73.4 Å². The van der Waals surface area contributed by atoms with Crippen molar-refractivity contribution in [3.63, 3.8) is 0 Å². The molecular formula is C49H100N2O6P+. The summed E-state index contributed by atoms with van der Waals surface area (Å²) in [5.74, 6) is -0.172. The Kier molecular flexibility index (Phi) is 41.0. The number of hydrogen-bond acceptors (Lipinski definition) is 5. The molecular weight excluding hydrogens is 744 g/mol. The number of aliphatic hydroxyl groups is 1. The third-order valence-corrected chi connectivity index (χ3v) is 12.5. The Labute approximate surface area is 361 Å². The number of unbranched alkanes of at least 4 members (excludes halogenated alkanes) is 33. The molecule has 0 saturated heterocycles. The molecule has 0 rings (SSSR count). The summed E-state index contributed by atoms with van der Waals surface area (Å²) in [6.07, 6.45) is 48.5. The van der Waals surface area contributed by atoms with E-state index in [0.29, 0.717) is 17.4 Å². The van der Waals surface area contributed by atoms with Crippen LogP contribution < -0.4 is 5.32 Å². The van der Waals surface area contributed by atoms with Crippen LogP contribution in [0.4, 0.5) is 0 Å². The Morgan fingerprint density at radius 3 is 1.28 bits per heavy atom. The highest BCUT2D eigenvalue weighted by atomic mass is 31.2. The van der Waals surface area contributed by atoms with E-state index in [2.05, 4.69) is 19.2 Å². The van der Waals surface area contributed by atoms with E-state index in [1.54, 1.807) is 6.08 Å². The second-order valence-electron chi connectivity index (χ2n) is 18.6. The highest BCUT2D eigenvalue weighted by Gasteiger charge is 2.27. The van der Waals surface area contributed by atoms with Gasteiger partial charge in [0, 0.05) is 6.42 Å². The Morgan fingerprint density at radius 2 is 0.914 bits per heavy atom. The van der Waals surface area contributed by atoms with E-state index in [4.69, 9.17) is 9.05 Å². The fourth-order valence-electron chi connectivity index (χ4n) is 7.51. The van der Waals surface area contributed by atoms with E-state index >= 15 is 0 Å². The van der Waals surface area contributed by atoms with Crippen LogP contribution in [0.5, 0.6) is 0 Å². The Hall–Kier alpha value is -0.760. The molecule has 0 fully saturated rings. The molecule has 0 aromatic rings. The third kappa shape index (κ3) is 43.3. The number of phosphoric ester groups is 1. The fraction of sp³-hybridized carbons (Fsp3) is 0.939. The van der Waals surface area contributed by atoms with Gasteiger partial charge in [0.1, 0.15) is 13.2 Å². The van der Waals surface area contributed by atoms with Gasteiger partial charge in [0.05, 0.1) is 39.9 Å². The molecule has 0 aliphatic carbocycles. The van der Waals surface area contributed by atoms with Crippen molar-refractivity contribution in [2.24, 2.45) is 0 Å². The minimum absolute atomic E-state index is 0.0649. The summed E-state index contributed by atoms with van der Waals surface area (Å²) < 4.78 is 23.6. The van der Waals surface area contributed by atoms with Crippen molar-refractivity contribution in [2.45, 2.75) is 257 Å². The van der Waals surface area contributed by atoms with Crippen LogP contribution in [-0.2, 0) is 18.4 Å². The number of phosphoric acid groups is 1. The predicted molar refractivity (Wildman–Crippen MR) is 249 cm³/mol. The maximum Gasteiger partial charge on any atom is 0.472 e. The molecule has 3 atom stereocenters. The number of quaternary nitrogens is 1. The number of likely N-dealkylation sites (N-methyl/N-ethyl adjacent to an activating group) is 1. The standard InChI is InChI=1S/C49H99N2O6P/c1-6-8-10-12-14-16-18-20-22-24-25-26-27-29-31-33-35-37-39-41-43-49(53)50-47(46-57-58(54,55)56-45-44-51(3,4)5)48(52)42-40-38-36-34-32-30-28-23-21-19-17-15-13-11-9-7-2/h40,42,47-48,52H,6-39,41,43-46H2,1-5H3,(H-,50,53,54,55)/p+1/b42-40+. The average Bonchev–Trinajstić information content (AvgIpc) is 3.17. The third-order valence-electron chi connectivity index (χ3n) is 11.5. The van der Waals surface area contributed by atoms with Crippen LogP contribution in [0.15, 0.2) is 12.2 Å². The lowest BCUT2D eigenvalue weighted by atomic mass is 10.0. The first kappa shape index (κ1) is 57.2. The average molecular weight is 844 g/mol. The molecule has 3 N–H and O–H groups in total. The van der Waals surface area contributed by atoms with E-state index in [9.17, 15) is 19.4 Å². The van der Waals surface area contributed by atoms with Gasteiger partial charge in [-0.2, -0.15) is 0 Å². The molecule has 1 amide bonds. The van der Waals surface area contributed by atoms with Gasteiger partial charge in [-0.1, -0.05) is 231 Å². The number of carbonyl (C=O) groups excluding carboxylic acids is 1. The molecule has 9 heteroatoms. The highest BCUT2D eigenvalue weighted by molar-refractivity contribution is 7.47. The lowest BCUT2D eigenvalue weighted by molar-refractivity contribution is -0.870.